The second-order valence-corrected chi connectivity index (χ2v) is 4.55. The fourth-order valence-electron chi connectivity index (χ4n) is 1.48. The Kier molecular flexibility index (Phi) is 9.40. The van der Waals surface area contributed by atoms with Crippen molar-refractivity contribution < 1.29 is 9.59 Å². The highest BCUT2D eigenvalue weighted by atomic mass is 16.2. The molecule has 3 heteroatoms. The van der Waals surface area contributed by atoms with E-state index < -0.39 is 0 Å². The molecule has 0 bridgehead atoms. The Bertz CT molecular complexity index is 257. The van der Waals surface area contributed by atoms with Crippen molar-refractivity contribution in [2.45, 2.75) is 51.9 Å². The SMILES string of the molecule is CCCCCCCCC(=O)/C=C/C(=O)N(C)C. The van der Waals surface area contributed by atoms with Crippen LogP contribution in [-0.4, -0.2) is 30.7 Å². The minimum atomic E-state index is -0.138. The molecule has 0 unspecified atom stereocenters. The van der Waals surface area contributed by atoms with Crippen LogP contribution in [0.5, 0.6) is 0 Å². The first kappa shape index (κ1) is 15.9. The average Bonchev–Trinajstić information content (AvgIpc) is 2.30. The molecule has 0 saturated heterocycles. The molecular weight excluding hydrogens is 214 g/mol. The van der Waals surface area contributed by atoms with Gasteiger partial charge in [0, 0.05) is 26.6 Å². The van der Waals surface area contributed by atoms with Gasteiger partial charge in [-0.1, -0.05) is 39.0 Å². The number of carbonyl (C=O) groups is 2. The topological polar surface area (TPSA) is 37.4 Å². The highest BCUT2D eigenvalue weighted by molar-refractivity contribution is 5.97. The van der Waals surface area contributed by atoms with Crippen LogP contribution in [0.1, 0.15) is 51.9 Å². The third-order valence-corrected chi connectivity index (χ3v) is 2.63. The molecule has 17 heavy (non-hydrogen) atoms. The zero-order valence-corrected chi connectivity index (χ0v) is 11.4. The summed E-state index contributed by atoms with van der Waals surface area (Å²) < 4.78 is 0. The van der Waals surface area contributed by atoms with Crippen molar-refractivity contribution in [1.29, 1.82) is 0 Å². The zero-order valence-electron chi connectivity index (χ0n) is 11.4. The molecule has 0 aromatic heterocycles. The number of hydrogen-bond acceptors (Lipinski definition) is 2. The largest absolute Gasteiger partial charge is 0.345 e. The molecular formula is C14H25NO2. The lowest BCUT2D eigenvalue weighted by atomic mass is 10.1. The summed E-state index contributed by atoms with van der Waals surface area (Å²) in [6.07, 6.45) is 10.3. The van der Waals surface area contributed by atoms with Gasteiger partial charge >= 0.3 is 0 Å². The van der Waals surface area contributed by atoms with Crippen molar-refractivity contribution in [3.05, 3.63) is 12.2 Å². The molecule has 0 saturated carbocycles. The third-order valence-electron chi connectivity index (χ3n) is 2.63. The summed E-state index contributed by atoms with van der Waals surface area (Å²) in [5.74, 6) is -0.0861. The summed E-state index contributed by atoms with van der Waals surface area (Å²) in [6.45, 7) is 2.19. The summed E-state index contributed by atoms with van der Waals surface area (Å²) in [7, 11) is 3.34. The standard InChI is InChI=1S/C14H25NO2/c1-4-5-6-7-8-9-10-13(16)11-12-14(17)15(2)3/h11-12H,4-10H2,1-3H3/b12-11+. The lowest BCUT2D eigenvalue weighted by Crippen LogP contribution is -2.19. The molecule has 0 aliphatic rings. The minimum Gasteiger partial charge on any atom is -0.345 e. The third kappa shape index (κ3) is 9.79. The monoisotopic (exact) mass is 239 g/mol. The van der Waals surface area contributed by atoms with Crippen LogP contribution in [0.25, 0.3) is 0 Å². The Balaban J connectivity index is 3.56. The number of amides is 1. The van der Waals surface area contributed by atoms with E-state index >= 15 is 0 Å². The molecule has 0 fully saturated rings. The highest BCUT2D eigenvalue weighted by Gasteiger charge is 2.00. The van der Waals surface area contributed by atoms with Crippen LogP contribution in [0, 0.1) is 0 Å². The highest BCUT2D eigenvalue weighted by Crippen LogP contribution is 2.07. The van der Waals surface area contributed by atoms with Gasteiger partial charge in [0.2, 0.25) is 5.91 Å². The molecule has 0 aliphatic heterocycles. The molecule has 0 heterocycles. The van der Waals surface area contributed by atoms with E-state index in [1.54, 1.807) is 14.1 Å². The van der Waals surface area contributed by atoms with Crippen molar-refractivity contribution in [2.24, 2.45) is 0 Å². The van der Waals surface area contributed by atoms with E-state index in [2.05, 4.69) is 6.92 Å². The van der Waals surface area contributed by atoms with E-state index in [0.717, 1.165) is 12.8 Å². The Hall–Kier alpha value is -1.12. The van der Waals surface area contributed by atoms with Crippen LogP contribution in [0.4, 0.5) is 0 Å². The smallest absolute Gasteiger partial charge is 0.246 e. The molecule has 0 N–H and O–H groups in total. The van der Waals surface area contributed by atoms with Gasteiger partial charge in [0.15, 0.2) is 5.78 Å². The molecule has 0 atom stereocenters. The fraction of sp³-hybridized carbons (Fsp3) is 0.714. The van der Waals surface area contributed by atoms with Gasteiger partial charge in [-0.3, -0.25) is 9.59 Å². The molecule has 0 aromatic rings. The van der Waals surface area contributed by atoms with E-state index in [9.17, 15) is 9.59 Å². The number of allylic oxidation sites excluding steroid dienone is 1. The lowest BCUT2D eigenvalue weighted by molar-refractivity contribution is -0.124. The summed E-state index contributed by atoms with van der Waals surface area (Å²) in [6, 6.07) is 0. The average molecular weight is 239 g/mol. The van der Waals surface area contributed by atoms with Crippen molar-refractivity contribution in [2.75, 3.05) is 14.1 Å². The van der Waals surface area contributed by atoms with E-state index in [-0.39, 0.29) is 11.7 Å². The summed E-state index contributed by atoms with van der Waals surface area (Å²) in [5.41, 5.74) is 0. The Morgan fingerprint density at radius 2 is 1.53 bits per heavy atom. The minimum absolute atomic E-state index is 0.0516. The number of likely N-dealkylation sites (N-methyl/N-ethyl adjacent to an activating group) is 1. The van der Waals surface area contributed by atoms with Gasteiger partial charge in [0.1, 0.15) is 0 Å². The van der Waals surface area contributed by atoms with Crippen LogP contribution in [-0.2, 0) is 9.59 Å². The maximum Gasteiger partial charge on any atom is 0.246 e. The Morgan fingerprint density at radius 3 is 2.12 bits per heavy atom. The van der Waals surface area contributed by atoms with Gasteiger partial charge in [-0.2, -0.15) is 0 Å². The zero-order chi connectivity index (χ0) is 13.1. The number of unbranched alkanes of at least 4 members (excludes halogenated alkanes) is 5. The normalized spacial score (nSPS) is 10.8. The number of rotatable bonds is 9. The number of hydrogen-bond donors (Lipinski definition) is 0. The predicted molar refractivity (Wildman–Crippen MR) is 70.8 cm³/mol. The van der Waals surface area contributed by atoms with Crippen LogP contribution >= 0.6 is 0 Å². The first-order valence-electron chi connectivity index (χ1n) is 6.50. The van der Waals surface area contributed by atoms with E-state index in [1.807, 2.05) is 0 Å². The first-order valence-corrected chi connectivity index (χ1v) is 6.50. The van der Waals surface area contributed by atoms with Gasteiger partial charge in [-0.05, 0) is 12.5 Å². The summed E-state index contributed by atoms with van der Waals surface area (Å²) >= 11 is 0. The number of carbonyl (C=O) groups excluding carboxylic acids is 2. The first-order chi connectivity index (χ1) is 8.07. The predicted octanol–water partition coefficient (Wildman–Crippen LogP) is 2.95. The molecule has 3 nitrogen and oxygen atoms in total. The Morgan fingerprint density at radius 1 is 0.941 bits per heavy atom. The molecule has 0 radical (unpaired) electrons. The van der Waals surface area contributed by atoms with Crippen molar-refractivity contribution >= 4 is 11.7 Å². The molecule has 1 amide bonds. The molecule has 0 aromatic carbocycles. The van der Waals surface area contributed by atoms with Gasteiger partial charge in [-0.25, -0.2) is 0 Å². The van der Waals surface area contributed by atoms with Crippen LogP contribution in [0.3, 0.4) is 0 Å². The number of nitrogens with zero attached hydrogens (tertiary/aromatic N) is 1. The lowest BCUT2D eigenvalue weighted by Gasteiger charge is -2.04. The Labute approximate surface area is 105 Å². The van der Waals surface area contributed by atoms with Gasteiger partial charge < -0.3 is 4.90 Å². The van der Waals surface area contributed by atoms with Crippen LogP contribution in [0.15, 0.2) is 12.2 Å². The van der Waals surface area contributed by atoms with E-state index in [0.29, 0.717) is 6.42 Å². The maximum atomic E-state index is 11.4. The van der Waals surface area contributed by atoms with Crippen molar-refractivity contribution in [3.63, 3.8) is 0 Å². The molecule has 0 aliphatic carbocycles. The second kappa shape index (κ2) is 10.1. The van der Waals surface area contributed by atoms with Crippen LogP contribution in [0.2, 0.25) is 0 Å². The van der Waals surface area contributed by atoms with Gasteiger partial charge in [-0.15, -0.1) is 0 Å². The van der Waals surface area contributed by atoms with Crippen molar-refractivity contribution in [3.8, 4) is 0 Å². The van der Waals surface area contributed by atoms with E-state index in [4.69, 9.17) is 0 Å². The molecule has 98 valence electrons. The summed E-state index contributed by atoms with van der Waals surface area (Å²) in [5, 5.41) is 0. The van der Waals surface area contributed by atoms with Gasteiger partial charge in [0.05, 0.1) is 0 Å². The van der Waals surface area contributed by atoms with E-state index in [1.165, 1.54) is 42.7 Å². The number of ketones is 1. The summed E-state index contributed by atoms with van der Waals surface area (Å²) in [4.78, 5) is 24.0. The second-order valence-electron chi connectivity index (χ2n) is 4.55. The quantitative estimate of drug-likeness (QED) is 0.458. The van der Waals surface area contributed by atoms with Gasteiger partial charge in [0.25, 0.3) is 0 Å². The molecule has 0 rings (SSSR count). The van der Waals surface area contributed by atoms with Crippen LogP contribution < -0.4 is 0 Å². The maximum absolute atomic E-state index is 11.4. The molecule has 0 spiro atoms. The van der Waals surface area contributed by atoms with Crippen molar-refractivity contribution in [1.82, 2.24) is 4.90 Å². The fourth-order valence-corrected chi connectivity index (χ4v) is 1.48.